The van der Waals surface area contributed by atoms with E-state index in [1.54, 1.807) is 49.6 Å². The van der Waals surface area contributed by atoms with E-state index in [9.17, 15) is 19.2 Å². The first-order chi connectivity index (χ1) is 16.4. The van der Waals surface area contributed by atoms with Crippen LogP contribution in [0.3, 0.4) is 0 Å². The van der Waals surface area contributed by atoms with Crippen molar-refractivity contribution >= 4 is 23.4 Å². The van der Waals surface area contributed by atoms with Crippen LogP contribution in [0.4, 0.5) is 5.69 Å². The lowest BCUT2D eigenvalue weighted by molar-refractivity contribution is -0.121. The maximum absolute atomic E-state index is 12.3. The largest absolute Gasteiger partial charge is 0.497 e. The molecule has 0 unspecified atom stereocenters. The number of hydrogen-bond acceptors (Lipinski definition) is 6. The van der Waals surface area contributed by atoms with Crippen molar-refractivity contribution in [2.75, 3.05) is 25.5 Å². The van der Waals surface area contributed by atoms with Crippen LogP contribution in [0.15, 0.2) is 65.5 Å². The van der Waals surface area contributed by atoms with Gasteiger partial charge in [-0.2, -0.15) is 5.10 Å². The molecule has 0 aliphatic carbocycles. The van der Waals surface area contributed by atoms with Gasteiger partial charge in [0.05, 0.1) is 12.8 Å². The van der Waals surface area contributed by atoms with Crippen LogP contribution in [0.25, 0.3) is 11.3 Å². The minimum atomic E-state index is -0.411. The van der Waals surface area contributed by atoms with Crippen LogP contribution >= 0.6 is 0 Å². The van der Waals surface area contributed by atoms with Gasteiger partial charge in [-0.3, -0.25) is 19.2 Å². The molecule has 176 valence electrons. The summed E-state index contributed by atoms with van der Waals surface area (Å²) in [5.41, 5.74) is 1.89. The molecule has 34 heavy (non-hydrogen) atoms. The molecule has 0 spiro atoms. The van der Waals surface area contributed by atoms with Gasteiger partial charge in [0.15, 0.2) is 0 Å². The Hall–Kier alpha value is -4.47. The van der Waals surface area contributed by atoms with E-state index < -0.39 is 11.5 Å². The second-order valence-electron chi connectivity index (χ2n) is 7.31. The number of anilines is 1. The summed E-state index contributed by atoms with van der Waals surface area (Å²) in [6.45, 7) is 1.52. The molecule has 3 amide bonds. The third-order valence-corrected chi connectivity index (χ3v) is 4.73. The van der Waals surface area contributed by atoms with E-state index in [1.807, 2.05) is 12.1 Å². The van der Waals surface area contributed by atoms with E-state index >= 15 is 0 Å². The number of hydrogen-bond donors (Lipinski definition) is 3. The van der Waals surface area contributed by atoms with Crippen molar-refractivity contribution < 1.29 is 19.1 Å². The van der Waals surface area contributed by atoms with Crippen molar-refractivity contribution in [3.63, 3.8) is 0 Å². The van der Waals surface area contributed by atoms with Gasteiger partial charge in [0, 0.05) is 42.9 Å². The SMILES string of the molecule is COc1cccc(-c2ccc(=O)n(CC(=O)NCCNC(=O)c3ccc(NC(C)=O)cc3)n2)c1. The lowest BCUT2D eigenvalue weighted by Crippen LogP contribution is -2.38. The van der Waals surface area contributed by atoms with Crippen LogP contribution in [0.2, 0.25) is 0 Å². The zero-order valence-electron chi connectivity index (χ0n) is 18.8. The van der Waals surface area contributed by atoms with Crippen molar-refractivity contribution in [1.29, 1.82) is 0 Å². The normalized spacial score (nSPS) is 10.3. The summed E-state index contributed by atoms with van der Waals surface area (Å²) in [4.78, 5) is 47.7. The molecule has 10 nitrogen and oxygen atoms in total. The van der Waals surface area contributed by atoms with Crippen LogP contribution < -0.4 is 26.2 Å². The van der Waals surface area contributed by atoms with Crippen LogP contribution in [0, 0.1) is 0 Å². The molecule has 1 heterocycles. The molecule has 2 aromatic carbocycles. The van der Waals surface area contributed by atoms with Gasteiger partial charge < -0.3 is 20.7 Å². The zero-order chi connectivity index (χ0) is 24.5. The van der Waals surface area contributed by atoms with Gasteiger partial charge in [-0.25, -0.2) is 4.68 Å². The molecule has 3 rings (SSSR count). The second kappa shape index (κ2) is 11.4. The van der Waals surface area contributed by atoms with Crippen molar-refractivity contribution in [2.45, 2.75) is 13.5 Å². The fourth-order valence-electron chi connectivity index (χ4n) is 3.08. The summed E-state index contributed by atoms with van der Waals surface area (Å²) in [7, 11) is 1.56. The summed E-state index contributed by atoms with van der Waals surface area (Å²) >= 11 is 0. The molecule has 0 atom stereocenters. The Morgan fingerprint density at radius 3 is 2.41 bits per heavy atom. The number of carbonyl (C=O) groups is 3. The van der Waals surface area contributed by atoms with Gasteiger partial charge in [0.25, 0.3) is 11.5 Å². The minimum Gasteiger partial charge on any atom is -0.497 e. The minimum absolute atomic E-state index is 0.179. The van der Waals surface area contributed by atoms with E-state index in [0.717, 1.165) is 10.2 Å². The summed E-state index contributed by atoms with van der Waals surface area (Å²) < 4.78 is 6.29. The van der Waals surface area contributed by atoms with Crippen molar-refractivity contribution in [1.82, 2.24) is 20.4 Å². The average Bonchev–Trinajstić information content (AvgIpc) is 2.83. The molecular weight excluding hydrogens is 438 g/mol. The summed E-state index contributed by atoms with van der Waals surface area (Å²) in [5, 5.41) is 12.2. The predicted octanol–water partition coefficient (Wildman–Crippen LogP) is 1.42. The first kappa shape index (κ1) is 24.2. The highest BCUT2D eigenvalue weighted by Gasteiger charge is 2.09. The molecule has 0 saturated heterocycles. The lowest BCUT2D eigenvalue weighted by Gasteiger charge is -2.10. The number of carbonyl (C=O) groups excluding carboxylic acids is 3. The first-order valence-corrected chi connectivity index (χ1v) is 10.5. The van der Waals surface area contributed by atoms with E-state index in [0.29, 0.717) is 22.7 Å². The number of methoxy groups -OCH3 is 1. The van der Waals surface area contributed by atoms with Crippen molar-refractivity contribution in [3.8, 4) is 17.0 Å². The van der Waals surface area contributed by atoms with Gasteiger partial charge in [-0.15, -0.1) is 0 Å². The quantitative estimate of drug-likeness (QED) is 0.412. The Bertz CT molecular complexity index is 1240. The number of nitrogens with one attached hydrogen (secondary N) is 3. The van der Waals surface area contributed by atoms with Crippen LogP contribution in [0.5, 0.6) is 5.75 Å². The molecule has 3 N–H and O–H groups in total. The van der Waals surface area contributed by atoms with Gasteiger partial charge >= 0.3 is 0 Å². The maximum Gasteiger partial charge on any atom is 0.267 e. The third kappa shape index (κ3) is 6.76. The summed E-state index contributed by atoms with van der Waals surface area (Å²) in [5.74, 6) is -0.267. The molecule has 0 aliphatic rings. The molecule has 3 aromatic rings. The molecule has 10 heteroatoms. The van der Waals surface area contributed by atoms with Crippen molar-refractivity contribution in [3.05, 3.63) is 76.6 Å². The number of rotatable bonds is 9. The molecule has 0 saturated carbocycles. The van der Waals surface area contributed by atoms with E-state index in [4.69, 9.17) is 4.74 Å². The topological polar surface area (TPSA) is 131 Å². The Balaban J connectivity index is 1.50. The molecule has 0 radical (unpaired) electrons. The summed E-state index contributed by atoms with van der Waals surface area (Å²) in [6.07, 6.45) is 0. The van der Waals surface area contributed by atoms with E-state index in [-0.39, 0.29) is 31.4 Å². The van der Waals surface area contributed by atoms with Crippen LogP contribution in [-0.2, 0) is 16.1 Å². The van der Waals surface area contributed by atoms with Gasteiger partial charge in [0.1, 0.15) is 12.3 Å². The van der Waals surface area contributed by atoms with Gasteiger partial charge in [-0.1, -0.05) is 12.1 Å². The fraction of sp³-hybridized carbons (Fsp3) is 0.208. The molecule has 0 aliphatic heterocycles. The number of amides is 3. The van der Waals surface area contributed by atoms with Crippen LogP contribution in [-0.4, -0.2) is 47.7 Å². The summed E-state index contributed by atoms with van der Waals surface area (Å²) in [6, 6.07) is 16.6. The monoisotopic (exact) mass is 463 g/mol. The van der Waals surface area contributed by atoms with Gasteiger partial charge in [-0.05, 0) is 42.5 Å². The smallest absolute Gasteiger partial charge is 0.267 e. The number of nitrogens with zero attached hydrogens (tertiary/aromatic N) is 2. The number of benzene rings is 2. The number of ether oxygens (including phenoxy) is 1. The highest BCUT2D eigenvalue weighted by molar-refractivity contribution is 5.95. The molecule has 1 aromatic heterocycles. The molecule has 0 bridgehead atoms. The Morgan fingerprint density at radius 2 is 1.71 bits per heavy atom. The maximum atomic E-state index is 12.3. The molecular formula is C24H25N5O5. The Morgan fingerprint density at radius 1 is 0.971 bits per heavy atom. The third-order valence-electron chi connectivity index (χ3n) is 4.73. The van der Waals surface area contributed by atoms with E-state index in [2.05, 4.69) is 21.0 Å². The fourth-order valence-corrected chi connectivity index (χ4v) is 3.08. The van der Waals surface area contributed by atoms with Crippen LogP contribution in [0.1, 0.15) is 17.3 Å². The number of aromatic nitrogens is 2. The first-order valence-electron chi connectivity index (χ1n) is 10.5. The predicted molar refractivity (Wildman–Crippen MR) is 127 cm³/mol. The highest BCUT2D eigenvalue weighted by atomic mass is 16.5. The zero-order valence-corrected chi connectivity index (χ0v) is 18.8. The molecule has 0 fully saturated rings. The van der Waals surface area contributed by atoms with Crippen molar-refractivity contribution in [2.24, 2.45) is 0 Å². The second-order valence-corrected chi connectivity index (χ2v) is 7.31. The Labute approximate surface area is 195 Å². The standard InChI is InChI=1S/C24H25N5O5/c1-16(30)27-19-8-6-17(7-9-19)24(33)26-13-12-25-22(31)15-29-23(32)11-10-21(28-29)18-4-3-5-20(14-18)34-2/h3-11,14H,12-13,15H2,1-2H3,(H,25,31)(H,26,33)(H,27,30). The van der Waals surface area contributed by atoms with E-state index in [1.165, 1.54) is 13.0 Å². The Kier molecular flexibility index (Phi) is 8.11. The lowest BCUT2D eigenvalue weighted by atomic mass is 10.1. The van der Waals surface area contributed by atoms with Gasteiger partial charge in [0.2, 0.25) is 11.8 Å². The highest BCUT2D eigenvalue weighted by Crippen LogP contribution is 2.21. The average molecular weight is 463 g/mol.